The van der Waals surface area contributed by atoms with Crippen LogP contribution < -0.4 is 5.73 Å². The molecule has 5 rings (SSSR count). The lowest BCUT2D eigenvalue weighted by atomic mass is 9.74. The Labute approximate surface area is 202 Å². The van der Waals surface area contributed by atoms with E-state index in [0.717, 1.165) is 68.4 Å². The largest absolute Gasteiger partial charge is 0.459 e. The highest BCUT2D eigenvalue weighted by Crippen LogP contribution is 2.46. The molecule has 2 N–H and O–H groups in total. The number of piperidine rings is 2. The highest BCUT2D eigenvalue weighted by atomic mass is 32.1. The van der Waals surface area contributed by atoms with Crippen molar-refractivity contribution in [2.45, 2.75) is 71.4 Å². The molecule has 0 bridgehead atoms. The zero-order chi connectivity index (χ0) is 23.8. The van der Waals surface area contributed by atoms with Crippen molar-refractivity contribution in [1.82, 2.24) is 9.80 Å². The molecule has 0 saturated carbocycles. The number of thiophene rings is 1. The minimum absolute atomic E-state index is 0. The van der Waals surface area contributed by atoms with Gasteiger partial charge in [0.2, 0.25) is 0 Å². The number of esters is 1. The molecule has 1 aromatic carbocycles. The van der Waals surface area contributed by atoms with E-state index in [-0.39, 0.29) is 24.3 Å². The lowest BCUT2D eigenvalue weighted by molar-refractivity contribution is -0.154. The third kappa shape index (κ3) is 4.50. The van der Waals surface area contributed by atoms with Crippen molar-refractivity contribution in [3.63, 3.8) is 0 Å². The Morgan fingerprint density at radius 3 is 2.55 bits per heavy atom. The number of ether oxygens (including phenoxy) is 1. The maximum absolute atomic E-state index is 13.3. The molecule has 0 radical (unpaired) electrons. The Kier molecular flexibility index (Phi) is 6.74. The van der Waals surface area contributed by atoms with E-state index in [1.165, 1.54) is 11.3 Å². The molecule has 1 atom stereocenters. The Bertz CT molecular complexity index is 1030. The first-order chi connectivity index (χ1) is 15.8. The quantitative estimate of drug-likeness (QED) is 0.609. The van der Waals surface area contributed by atoms with Crippen LogP contribution in [-0.4, -0.2) is 59.5 Å². The fourth-order valence-corrected chi connectivity index (χ4v) is 6.91. The predicted molar refractivity (Wildman–Crippen MR) is 137 cm³/mol. The highest BCUT2D eigenvalue weighted by Gasteiger charge is 2.54. The number of hydrogen-bond donors (Lipinski definition) is 1. The standard InChI is InChI=1S/C24H31N3O3S.C2H6.H2/c1-23(2)14-24(22(29)30-23)10-5-11-27(15-24)16-8-12-26(13-9-16)21(28)19-17-6-3-4-7-18(17)31-20(19)25;1-2;/h3-4,6-7,16H,5,8-15,25H2,1-2H3;1-2H3;1H. The van der Waals surface area contributed by atoms with Gasteiger partial charge in [-0.1, -0.05) is 32.0 Å². The van der Waals surface area contributed by atoms with E-state index in [9.17, 15) is 9.59 Å². The molecule has 1 spiro atoms. The van der Waals surface area contributed by atoms with Gasteiger partial charge in [-0.2, -0.15) is 0 Å². The van der Waals surface area contributed by atoms with Crippen LogP contribution in [0.1, 0.15) is 71.6 Å². The van der Waals surface area contributed by atoms with E-state index in [1.807, 2.05) is 56.9 Å². The third-order valence-corrected chi connectivity index (χ3v) is 8.28. The monoisotopic (exact) mass is 473 g/mol. The lowest BCUT2D eigenvalue weighted by Gasteiger charge is -2.44. The number of fused-ring (bicyclic) bond motifs is 1. The molecule has 7 heteroatoms. The number of amides is 1. The first kappa shape index (κ1) is 24.0. The van der Waals surface area contributed by atoms with Gasteiger partial charge in [-0.25, -0.2) is 0 Å². The summed E-state index contributed by atoms with van der Waals surface area (Å²) in [7, 11) is 0. The summed E-state index contributed by atoms with van der Waals surface area (Å²) in [6.07, 6.45) is 4.62. The Hall–Kier alpha value is -2.12. The second kappa shape index (κ2) is 9.26. The Morgan fingerprint density at radius 2 is 1.88 bits per heavy atom. The number of benzene rings is 1. The summed E-state index contributed by atoms with van der Waals surface area (Å²) < 4.78 is 6.74. The van der Waals surface area contributed by atoms with Gasteiger partial charge in [0.05, 0.1) is 16.0 Å². The molecular formula is C26H39N3O3S. The van der Waals surface area contributed by atoms with E-state index < -0.39 is 0 Å². The molecule has 6 nitrogen and oxygen atoms in total. The molecule has 33 heavy (non-hydrogen) atoms. The lowest BCUT2D eigenvalue weighted by Crippen LogP contribution is -2.53. The number of nitrogen functional groups attached to an aromatic ring is 1. The third-order valence-electron chi connectivity index (χ3n) is 7.28. The van der Waals surface area contributed by atoms with Crippen LogP contribution in [-0.2, 0) is 9.53 Å². The summed E-state index contributed by atoms with van der Waals surface area (Å²) in [5, 5.41) is 1.56. The van der Waals surface area contributed by atoms with Crippen LogP contribution in [0.25, 0.3) is 10.1 Å². The number of rotatable bonds is 2. The van der Waals surface area contributed by atoms with E-state index in [2.05, 4.69) is 4.90 Å². The predicted octanol–water partition coefficient (Wildman–Crippen LogP) is 5.17. The van der Waals surface area contributed by atoms with Crippen molar-refractivity contribution in [3.05, 3.63) is 29.8 Å². The molecule has 2 aromatic rings. The maximum Gasteiger partial charge on any atom is 0.314 e. The molecule has 0 aliphatic carbocycles. The van der Waals surface area contributed by atoms with Crippen LogP contribution in [0.4, 0.5) is 5.00 Å². The van der Waals surface area contributed by atoms with Crippen LogP contribution in [0.5, 0.6) is 0 Å². The molecule has 1 unspecified atom stereocenters. The van der Waals surface area contributed by atoms with Crippen LogP contribution in [0.3, 0.4) is 0 Å². The zero-order valence-corrected chi connectivity index (χ0v) is 21.2. The van der Waals surface area contributed by atoms with Gasteiger partial charge in [0.25, 0.3) is 5.91 Å². The van der Waals surface area contributed by atoms with Crippen LogP contribution >= 0.6 is 11.3 Å². The van der Waals surface area contributed by atoms with Crippen molar-refractivity contribution in [2.24, 2.45) is 5.41 Å². The van der Waals surface area contributed by atoms with E-state index in [4.69, 9.17) is 10.5 Å². The van der Waals surface area contributed by atoms with Gasteiger partial charge in [0.15, 0.2) is 0 Å². The molecule has 4 heterocycles. The average molecular weight is 474 g/mol. The van der Waals surface area contributed by atoms with Gasteiger partial charge in [-0.15, -0.1) is 11.3 Å². The van der Waals surface area contributed by atoms with Crippen LogP contribution in [0.15, 0.2) is 24.3 Å². The summed E-state index contributed by atoms with van der Waals surface area (Å²) in [4.78, 5) is 30.4. The van der Waals surface area contributed by atoms with Gasteiger partial charge >= 0.3 is 5.97 Å². The first-order valence-electron chi connectivity index (χ1n) is 12.3. The van der Waals surface area contributed by atoms with E-state index in [0.29, 0.717) is 16.6 Å². The minimum atomic E-state index is -0.362. The number of nitrogens with zero attached hydrogens (tertiary/aromatic N) is 2. The Morgan fingerprint density at radius 1 is 1.18 bits per heavy atom. The normalized spacial score (nSPS) is 25.7. The van der Waals surface area contributed by atoms with E-state index in [1.54, 1.807) is 0 Å². The molecule has 1 aromatic heterocycles. The smallest absolute Gasteiger partial charge is 0.314 e. The topological polar surface area (TPSA) is 75.9 Å². The average Bonchev–Trinajstić information content (AvgIpc) is 3.25. The zero-order valence-electron chi connectivity index (χ0n) is 20.4. The fourth-order valence-electron chi connectivity index (χ4n) is 5.95. The summed E-state index contributed by atoms with van der Waals surface area (Å²) in [5.41, 5.74) is 6.17. The maximum atomic E-state index is 13.3. The number of anilines is 1. The van der Waals surface area contributed by atoms with Crippen molar-refractivity contribution in [1.29, 1.82) is 0 Å². The molecule has 3 aliphatic rings. The van der Waals surface area contributed by atoms with Gasteiger partial charge in [0.1, 0.15) is 5.60 Å². The van der Waals surface area contributed by atoms with Gasteiger partial charge in [0, 0.05) is 43.6 Å². The van der Waals surface area contributed by atoms with E-state index >= 15 is 0 Å². The number of carbonyl (C=O) groups is 2. The summed E-state index contributed by atoms with van der Waals surface area (Å²) in [6, 6.07) is 8.34. The fraction of sp³-hybridized carbons (Fsp3) is 0.615. The Balaban J connectivity index is 0.00000105. The summed E-state index contributed by atoms with van der Waals surface area (Å²) in [5.74, 6) is 0.0271. The second-order valence-corrected chi connectivity index (χ2v) is 11.1. The van der Waals surface area contributed by atoms with Crippen molar-refractivity contribution in [3.8, 4) is 0 Å². The van der Waals surface area contributed by atoms with Crippen molar-refractivity contribution >= 4 is 38.3 Å². The molecule has 3 saturated heterocycles. The van der Waals surface area contributed by atoms with Gasteiger partial charge in [-0.05, 0) is 52.1 Å². The molecule has 3 aliphatic heterocycles. The van der Waals surface area contributed by atoms with Gasteiger partial charge < -0.3 is 15.4 Å². The number of hydrogen-bond acceptors (Lipinski definition) is 6. The SMILES string of the molecule is CC.CC1(C)CC2(CCCN(C3CCN(C(=O)c4c(N)sc5ccccc45)CC3)C2)C(=O)O1.[HH]. The molecule has 182 valence electrons. The van der Waals surface area contributed by atoms with Crippen molar-refractivity contribution in [2.75, 3.05) is 31.9 Å². The number of carbonyl (C=O) groups excluding carboxylic acids is 2. The molecular weight excluding hydrogens is 434 g/mol. The summed E-state index contributed by atoms with van der Waals surface area (Å²) >= 11 is 1.48. The number of cyclic esters (lactones) is 1. The van der Waals surface area contributed by atoms with Crippen LogP contribution in [0, 0.1) is 5.41 Å². The van der Waals surface area contributed by atoms with Crippen LogP contribution in [0.2, 0.25) is 0 Å². The molecule has 3 fully saturated rings. The van der Waals surface area contributed by atoms with Gasteiger partial charge in [-0.3, -0.25) is 14.5 Å². The molecule has 1 amide bonds. The van der Waals surface area contributed by atoms with Crippen molar-refractivity contribution < 1.29 is 15.8 Å². The highest BCUT2D eigenvalue weighted by molar-refractivity contribution is 7.23. The second-order valence-electron chi connectivity index (χ2n) is 10.0. The minimum Gasteiger partial charge on any atom is -0.459 e. The first-order valence-corrected chi connectivity index (χ1v) is 13.1. The number of likely N-dealkylation sites (tertiary alicyclic amines) is 2. The number of nitrogens with two attached hydrogens (primary N) is 1. The summed E-state index contributed by atoms with van der Waals surface area (Å²) in [6.45, 7) is 11.3.